The van der Waals surface area contributed by atoms with Gasteiger partial charge < -0.3 is 10.4 Å². The van der Waals surface area contributed by atoms with Crippen molar-refractivity contribution in [2.75, 3.05) is 0 Å². The maximum absolute atomic E-state index is 12.7. The van der Waals surface area contributed by atoms with Crippen molar-refractivity contribution in [3.63, 3.8) is 0 Å². The Hall–Kier alpha value is -2.17. The van der Waals surface area contributed by atoms with E-state index in [-0.39, 0.29) is 5.56 Å². The molecule has 0 aliphatic rings. The van der Waals surface area contributed by atoms with Crippen LogP contribution in [-0.4, -0.2) is 23.0 Å². The average Bonchev–Trinajstić information content (AvgIpc) is 2.38. The van der Waals surface area contributed by atoms with Gasteiger partial charge in [-0.1, -0.05) is 6.08 Å². The fourth-order valence-corrected chi connectivity index (χ4v) is 1.57. The zero-order chi connectivity index (χ0) is 14.3. The van der Waals surface area contributed by atoms with Crippen LogP contribution in [0.25, 0.3) is 0 Å². The summed E-state index contributed by atoms with van der Waals surface area (Å²) in [5.41, 5.74) is 0.233. The van der Waals surface area contributed by atoms with Crippen LogP contribution < -0.4 is 5.32 Å². The van der Waals surface area contributed by atoms with Gasteiger partial charge in [0.25, 0.3) is 5.91 Å². The first-order valence-corrected chi connectivity index (χ1v) is 5.94. The van der Waals surface area contributed by atoms with Gasteiger partial charge in [0, 0.05) is 5.56 Å². The number of carboxylic acid groups (broad SMARTS) is 1. The van der Waals surface area contributed by atoms with Crippen LogP contribution in [0.2, 0.25) is 0 Å². The minimum atomic E-state index is -1.08. The smallest absolute Gasteiger partial charge is 0.326 e. The second-order valence-electron chi connectivity index (χ2n) is 4.09. The number of carboxylic acids is 1. The lowest BCUT2D eigenvalue weighted by atomic mass is 10.1. The topological polar surface area (TPSA) is 66.4 Å². The summed E-state index contributed by atoms with van der Waals surface area (Å²) in [7, 11) is 0. The van der Waals surface area contributed by atoms with E-state index < -0.39 is 23.7 Å². The Morgan fingerprint density at radius 1 is 1.37 bits per heavy atom. The van der Waals surface area contributed by atoms with Gasteiger partial charge in [0.15, 0.2) is 0 Å². The van der Waals surface area contributed by atoms with E-state index in [4.69, 9.17) is 5.11 Å². The number of hydrogen-bond donors (Lipinski definition) is 2. The number of hydrogen-bond acceptors (Lipinski definition) is 2. The standard InChI is InChI=1S/C14H16FNO3/c1-2-3-4-5-12(14(18)19)16-13(17)10-6-8-11(15)9-7-10/h2,6-9,12H,1,3-5H2,(H,16,17)(H,18,19)/t12-/m1/s1. The Morgan fingerprint density at radius 3 is 2.53 bits per heavy atom. The maximum Gasteiger partial charge on any atom is 0.326 e. The molecule has 4 nitrogen and oxygen atoms in total. The van der Waals surface area contributed by atoms with Crippen molar-refractivity contribution < 1.29 is 19.1 Å². The Bertz CT molecular complexity index is 456. The molecule has 5 heteroatoms. The molecule has 0 radical (unpaired) electrons. The second-order valence-corrected chi connectivity index (χ2v) is 4.09. The zero-order valence-corrected chi connectivity index (χ0v) is 10.4. The maximum atomic E-state index is 12.7. The van der Waals surface area contributed by atoms with Gasteiger partial charge in [-0.15, -0.1) is 6.58 Å². The highest BCUT2D eigenvalue weighted by molar-refractivity contribution is 5.96. The Morgan fingerprint density at radius 2 is 2.00 bits per heavy atom. The van der Waals surface area contributed by atoms with Gasteiger partial charge in [-0.25, -0.2) is 9.18 Å². The summed E-state index contributed by atoms with van der Waals surface area (Å²) in [5, 5.41) is 11.4. The van der Waals surface area contributed by atoms with Crippen molar-refractivity contribution in [1.82, 2.24) is 5.32 Å². The first-order chi connectivity index (χ1) is 9.04. The quantitative estimate of drug-likeness (QED) is 0.587. The van der Waals surface area contributed by atoms with Crippen LogP contribution in [0, 0.1) is 5.82 Å². The minimum absolute atomic E-state index is 0.233. The van der Waals surface area contributed by atoms with E-state index in [0.29, 0.717) is 19.3 Å². The first-order valence-electron chi connectivity index (χ1n) is 5.94. The molecule has 0 aliphatic carbocycles. The van der Waals surface area contributed by atoms with E-state index in [1.165, 1.54) is 12.1 Å². The van der Waals surface area contributed by atoms with Gasteiger partial charge in [-0.3, -0.25) is 4.79 Å². The van der Waals surface area contributed by atoms with Crippen molar-refractivity contribution in [3.05, 3.63) is 48.3 Å². The van der Waals surface area contributed by atoms with Gasteiger partial charge in [0.05, 0.1) is 0 Å². The summed E-state index contributed by atoms with van der Waals surface area (Å²) >= 11 is 0. The number of aliphatic carboxylic acids is 1. The number of nitrogens with one attached hydrogen (secondary N) is 1. The van der Waals surface area contributed by atoms with Gasteiger partial charge >= 0.3 is 5.97 Å². The third kappa shape index (κ3) is 4.91. The number of allylic oxidation sites excluding steroid dienone is 1. The molecule has 0 spiro atoms. The number of carbonyl (C=O) groups excluding carboxylic acids is 1. The molecule has 1 atom stereocenters. The molecule has 0 heterocycles. The van der Waals surface area contributed by atoms with Crippen LogP contribution in [0.1, 0.15) is 29.6 Å². The SMILES string of the molecule is C=CCCC[C@@H](NC(=O)c1ccc(F)cc1)C(=O)O. The normalized spacial score (nSPS) is 11.6. The summed E-state index contributed by atoms with van der Waals surface area (Å²) in [6.45, 7) is 3.55. The van der Waals surface area contributed by atoms with Crippen molar-refractivity contribution in [2.45, 2.75) is 25.3 Å². The summed E-state index contributed by atoms with van der Waals surface area (Å²) < 4.78 is 12.7. The molecule has 0 bridgehead atoms. The van der Waals surface area contributed by atoms with Gasteiger partial charge in [0.1, 0.15) is 11.9 Å². The van der Waals surface area contributed by atoms with Gasteiger partial charge in [-0.05, 0) is 43.5 Å². The van der Waals surface area contributed by atoms with E-state index in [2.05, 4.69) is 11.9 Å². The van der Waals surface area contributed by atoms with E-state index in [1.807, 2.05) is 0 Å². The number of unbranched alkanes of at least 4 members (excludes halogenated alkanes) is 1. The molecule has 2 N–H and O–H groups in total. The van der Waals surface area contributed by atoms with Crippen molar-refractivity contribution in [2.24, 2.45) is 0 Å². The average molecular weight is 265 g/mol. The monoisotopic (exact) mass is 265 g/mol. The third-order valence-electron chi connectivity index (χ3n) is 2.61. The largest absolute Gasteiger partial charge is 0.480 e. The molecule has 1 aromatic carbocycles. The van der Waals surface area contributed by atoms with Crippen LogP contribution in [-0.2, 0) is 4.79 Å². The lowest BCUT2D eigenvalue weighted by Gasteiger charge is -2.14. The highest BCUT2D eigenvalue weighted by Gasteiger charge is 2.19. The Labute approximate surface area is 110 Å². The third-order valence-corrected chi connectivity index (χ3v) is 2.61. The van der Waals surface area contributed by atoms with Crippen LogP contribution in [0.3, 0.4) is 0 Å². The fraction of sp³-hybridized carbons (Fsp3) is 0.286. The Kier molecular flexibility index (Phi) is 5.73. The van der Waals surface area contributed by atoms with Crippen molar-refractivity contribution in [3.8, 4) is 0 Å². The summed E-state index contributed by atoms with van der Waals surface area (Å²) in [6.07, 6.45) is 3.34. The summed E-state index contributed by atoms with van der Waals surface area (Å²) in [4.78, 5) is 22.8. The molecule has 0 unspecified atom stereocenters. The molecule has 102 valence electrons. The van der Waals surface area contributed by atoms with Gasteiger partial charge in [0.2, 0.25) is 0 Å². The Balaban J connectivity index is 2.62. The molecule has 0 saturated heterocycles. The highest BCUT2D eigenvalue weighted by Crippen LogP contribution is 2.06. The number of benzene rings is 1. The minimum Gasteiger partial charge on any atom is -0.480 e. The molecule has 0 fully saturated rings. The molecule has 0 aromatic heterocycles. The molecule has 19 heavy (non-hydrogen) atoms. The second kappa shape index (κ2) is 7.31. The fourth-order valence-electron chi connectivity index (χ4n) is 1.57. The van der Waals surface area contributed by atoms with E-state index in [9.17, 15) is 14.0 Å². The summed E-state index contributed by atoms with van der Waals surface area (Å²) in [6, 6.07) is 3.99. The first kappa shape index (κ1) is 14.9. The number of carbonyl (C=O) groups is 2. The van der Waals surface area contributed by atoms with Gasteiger partial charge in [-0.2, -0.15) is 0 Å². The van der Waals surface area contributed by atoms with Crippen LogP contribution >= 0.6 is 0 Å². The van der Waals surface area contributed by atoms with Crippen molar-refractivity contribution >= 4 is 11.9 Å². The predicted molar refractivity (Wildman–Crippen MR) is 69.3 cm³/mol. The summed E-state index contributed by atoms with van der Waals surface area (Å²) in [5.74, 6) is -2.05. The number of halogens is 1. The van der Waals surface area contributed by atoms with Crippen LogP contribution in [0.4, 0.5) is 4.39 Å². The molecule has 0 saturated carbocycles. The molecule has 0 aliphatic heterocycles. The zero-order valence-electron chi connectivity index (χ0n) is 10.4. The predicted octanol–water partition coefficient (Wildman–Crippen LogP) is 2.37. The highest BCUT2D eigenvalue weighted by atomic mass is 19.1. The molecular weight excluding hydrogens is 249 g/mol. The molecule has 1 aromatic rings. The van der Waals surface area contributed by atoms with E-state index >= 15 is 0 Å². The molecule has 1 rings (SSSR count). The lowest BCUT2D eigenvalue weighted by molar-refractivity contribution is -0.139. The molecule has 1 amide bonds. The van der Waals surface area contributed by atoms with E-state index in [1.54, 1.807) is 6.08 Å². The van der Waals surface area contributed by atoms with E-state index in [0.717, 1.165) is 12.1 Å². The number of amides is 1. The molecular formula is C14H16FNO3. The number of rotatable bonds is 7. The van der Waals surface area contributed by atoms with Crippen LogP contribution in [0.15, 0.2) is 36.9 Å². The lowest BCUT2D eigenvalue weighted by Crippen LogP contribution is -2.40. The van der Waals surface area contributed by atoms with Crippen molar-refractivity contribution in [1.29, 1.82) is 0 Å². The van der Waals surface area contributed by atoms with Crippen LogP contribution in [0.5, 0.6) is 0 Å².